The molecule has 0 atom stereocenters. The minimum Gasteiger partial charge on any atom is -0.444 e. The van der Waals surface area contributed by atoms with Crippen molar-refractivity contribution in [1.29, 1.82) is 0 Å². The Morgan fingerprint density at radius 2 is 1.50 bits per heavy atom. The third-order valence-corrected chi connectivity index (χ3v) is 5.47. The SMILES string of the molecule is CC(C)(C)OC(=O)N(CCCCNC(=O)CCCCC(=O)NO)Cc1ccccc1-c1ccccc1. The lowest BCUT2D eigenvalue weighted by Gasteiger charge is -2.28. The molecule has 3 N–H and O–H groups in total. The standard InChI is InChI=1S/C28H39N3O5/c1-28(2,3)36-27(34)31(20-12-11-19-29-25(32)17-9-10-18-26(33)30-35)21-23-15-7-8-16-24(23)22-13-5-4-6-14-22/h4-8,13-16,35H,9-12,17-21H2,1-3H3,(H,29,32)(H,30,33). The second-order valence-electron chi connectivity index (χ2n) is 9.72. The van der Waals surface area contributed by atoms with Crippen molar-refractivity contribution in [3.63, 3.8) is 0 Å². The van der Waals surface area contributed by atoms with Gasteiger partial charge in [0.15, 0.2) is 0 Å². The Balaban J connectivity index is 1.90. The summed E-state index contributed by atoms with van der Waals surface area (Å²) in [5, 5.41) is 11.4. The number of ether oxygens (including phenoxy) is 1. The van der Waals surface area contributed by atoms with Gasteiger partial charge in [0.1, 0.15) is 5.60 Å². The molecule has 0 unspecified atom stereocenters. The van der Waals surface area contributed by atoms with E-state index in [1.54, 1.807) is 10.4 Å². The van der Waals surface area contributed by atoms with Crippen molar-refractivity contribution < 1.29 is 24.3 Å². The van der Waals surface area contributed by atoms with Crippen LogP contribution in [0.25, 0.3) is 11.1 Å². The van der Waals surface area contributed by atoms with E-state index in [4.69, 9.17) is 9.94 Å². The van der Waals surface area contributed by atoms with Crippen molar-refractivity contribution in [3.8, 4) is 11.1 Å². The van der Waals surface area contributed by atoms with Crippen LogP contribution in [0.2, 0.25) is 0 Å². The molecule has 36 heavy (non-hydrogen) atoms. The molecule has 2 rings (SSSR count). The highest BCUT2D eigenvalue weighted by Crippen LogP contribution is 2.25. The average molecular weight is 498 g/mol. The third kappa shape index (κ3) is 10.9. The summed E-state index contributed by atoms with van der Waals surface area (Å²) in [7, 11) is 0. The zero-order valence-corrected chi connectivity index (χ0v) is 21.6. The number of unbranched alkanes of at least 4 members (excludes halogenated alkanes) is 2. The minimum atomic E-state index is -0.597. The molecule has 0 aliphatic carbocycles. The summed E-state index contributed by atoms with van der Waals surface area (Å²) in [5.74, 6) is -0.517. The molecule has 2 aromatic carbocycles. The molecule has 0 saturated carbocycles. The van der Waals surface area contributed by atoms with Gasteiger partial charge in [-0.2, -0.15) is 0 Å². The number of carbonyl (C=O) groups is 3. The highest BCUT2D eigenvalue weighted by molar-refractivity contribution is 5.76. The van der Waals surface area contributed by atoms with Gasteiger partial charge in [0.05, 0.1) is 0 Å². The number of carbonyl (C=O) groups excluding carboxylic acids is 3. The molecule has 2 aromatic rings. The van der Waals surface area contributed by atoms with Crippen LogP contribution in [0.3, 0.4) is 0 Å². The van der Waals surface area contributed by atoms with Crippen LogP contribution in [-0.2, 0) is 20.9 Å². The lowest BCUT2D eigenvalue weighted by Crippen LogP contribution is -2.37. The number of benzene rings is 2. The van der Waals surface area contributed by atoms with Gasteiger partial charge in [-0.15, -0.1) is 0 Å². The van der Waals surface area contributed by atoms with Crippen LogP contribution >= 0.6 is 0 Å². The minimum absolute atomic E-state index is 0.0693. The van der Waals surface area contributed by atoms with E-state index in [9.17, 15) is 14.4 Å². The quantitative estimate of drug-likeness (QED) is 0.204. The molecule has 8 nitrogen and oxygen atoms in total. The summed E-state index contributed by atoms with van der Waals surface area (Å²) >= 11 is 0. The molecule has 0 saturated heterocycles. The number of nitrogens with zero attached hydrogens (tertiary/aromatic N) is 1. The molecule has 0 heterocycles. The van der Waals surface area contributed by atoms with E-state index in [2.05, 4.69) is 23.5 Å². The molecule has 0 aromatic heterocycles. The molecule has 0 fully saturated rings. The lowest BCUT2D eigenvalue weighted by molar-refractivity contribution is -0.129. The molecule has 3 amide bonds. The summed E-state index contributed by atoms with van der Waals surface area (Å²) in [6.45, 7) is 7.00. The van der Waals surface area contributed by atoms with Gasteiger partial charge in [-0.25, -0.2) is 10.3 Å². The average Bonchev–Trinajstić information content (AvgIpc) is 2.85. The van der Waals surface area contributed by atoms with E-state index in [0.717, 1.165) is 23.1 Å². The first-order chi connectivity index (χ1) is 17.2. The number of hydroxylamine groups is 1. The smallest absolute Gasteiger partial charge is 0.410 e. The summed E-state index contributed by atoms with van der Waals surface area (Å²) in [6, 6.07) is 18.1. The predicted octanol–water partition coefficient (Wildman–Crippen LogP) is 5.05. The van der Waals surface area contributed by atoms with Crippen LogP contribution < -0.4 is 10.8 Å². The second-order valence-corrected chi connectivity index (χ2v) is 9.72. The van der Waals surface area contributed by atoms with Crippen molar-refractivity contribution in [2.24, 2.45) is 0 Å². The van der Waals surface area contributed by atoms with Crippen LogP contribution in [0.15, 0.2) is 54.6 Å². The molecule has 0 spiro atoms. The highest BCUT2D eigenvalue weighted by Gasteiger charge is 2.23. The molecular formula is C28H39N3O5. The van der Waals surface area contributed by atoms with E-state index >= 15 is 0 Å². The number of amides is 3. The summed E-state index contributed by atoms with van der Waals surface area (Å²) < 4.78 is 5.67. The van der Waals surface area contributed by atoms with Gasteiger partial charge in [0, 0.05) is 32.5 Å². The molecule has 0 bridgehead atoms. The zero-order valence-electron chi connectivity index (χ0n) is 21.6. The fraction of sp³-hybridized carbons (Fsp3) is 0.464. The van der Waals surface area contributed by atoms with Gasteiger partial charge in [-0.05, 0) is 63.1 Å². The van der Waals surface area contributed by atoms with E-state index < -0.39 is 11.5 Å². The van der Waals surface area contributed by atoms with Crippen LogP contribution in [-0.4, -0.2) is 46.7 Å². The normalized spacial score (nSPS) is 11.0. The van der Waals surface area contributed by atoms with Crippen LogP contribution in [0, 0.1) is 0 Å². The molecule has 0 radical (unpaired) electrons. The van der Waals surface area contributed by atoms with Crippen molar-refractivity contribution >= 4 is 17.9 Å². The maximum atomic E-state index is 13.0. The van der Waals surface area contributed by atoms with E-state index in [0.29, 0.717) is 45.3 Å². The molecule has 196 valence electrons. The number of nitrogens with one attached hydrogen (secondary N) is 2. The summed E-state index contributed by atoms with van der Waals surface area (Å²) in [4.78, 5) is 37.7. The third-order valence-electron chi connectivity index (χ3n) is 5.47. The fourth-order valence-corrected chi connectivity index (χ4v) is 3.70. The Hall–Kier alpha value is -3.39. The number of hydrogen-bond donors (Lipinski definition) is 3. The Morgan fingerprint density at radius 3 is 2.17 bits per heavy atom. The van der Waals surface area contributed by atoms with Crippen molar-refractivity contribution in [2.45, 2.75) is 71.4 Å². The summed E-state index contributed by atoms with van der Waals surface area (Å²) in [5.41, 5.74) is 4.20. The molecule has 0 aliphatic heterocycles. The monoisotopic (exact) mass is 497 g/mol. The van der Waals surface area contributed by atoms with Crippen LogP contribution in [0.4, 0.5) is 4.79 Å². The van der Waals surface area contributed by atoms with Gasteiger partial charge >= 0.3 is 6.09 Å². The first-order valence-corrected chi connectivity index (χ1v) is 12.5. The van der Waals surface area contributed by atoms with Gasteiger partial charge < -0.3 is 15.0 Å². The van der Waals surface area contributed by atoms with Gasteiger partial charge in [0.2, 0.25) is 11.8 Å². The van der Waals surface area contributed by atoms with Crippen molar-refractivity contribution in [3.05, 3.63) is 60.2 Å². The Labute approximate surface area is 214 Å². The van der Waals surface area contributed by atoms with Gasteiger partial charge in [-0.3, -0.25) is 14.8 Å². The zero-order chi connectivity index (χ0) is 26.4. The van der Waals surface area contributed by atoms with Crippen LogP contribution in [0.5, 0.6) is 0 Å². The maximum Gasteiger partial charge on any atom is 0.410 e. The Kier molecular flexibility index (Phi) is 11.9. The van der Waals surface area contributed by atoms with Gasteiger partial charge in [-0.1, -0.05) is 54.6 Å². The maximum absolute atomic E-state index is 13.0. The Bertz CT molecular complexity index is 973. The molecule has 0 aliphatic rings. The van der Waals surface area contributed by atoms with Crippen molar-refractivity contribution in [2.75, 3.05) is 13.1 Å². The molecule has 8 heteroatoms. The van der Waals surface area contributed by atoms with Crippen molar-refractivity contribution in [1.82, 2.24) is 15.7 Å². The summed E-state index contributed by atoms with van der Waals surface area (Å²) in [6.07, 6.45) is 2.71. The molecular weight excluding hydrogens is 458 g/mol. The van der Waals surface area contributed by atoms with E-state index in [-0.39, 0.29) is 18.4 Å². The van der Waals surface area contributed by atoms with Gasteiger partial charge in [0.25, 0.3) is 0 Å². The number of hydrogen-bond acceptors (Lipinski definition) is 5. The van der Waals surface area contributed by atoms with E-state index in [1.807, 2.05) is 57.2 Å². The number of rotatable bonds is 13. The predicted molar refractivity (Wildman–Crippen MR) is 139 cm³/mol. The second kappa shape index (κ2) is 14.9. The van der Waals surface area contributed by atoms with Crippen LogP contribution in [0.1, 0.15) is 64.9 Å². The first kappa shape index (κ1) is 28.8. The largest absolute Gasteiger partial charge is 0.444 e. The lowest BCUT2D eigenvalue weighted by atomic mass is 9.99. The highest BCUT2D eigenvalue weighted by atomic mass is 16.6. The Morgan fingerprint density at radius 1 is 0.861 bits per heavy atom. The fourth-order valence-electron chi connectivity index (χ4n) is 3.70. The first-order valence-electron chi connectivity index (χ1n) is 12.5. The van der Waals surface area contributed by atoms with E-state index in [1.165, 1.54) is 0 Å². The topological polar surface area (TPSA) is 108 Å².